The van der Waals surface area contributed by atoms with E-state index >= 15 is 0 Å². The van der Waals surface area contributed by atoms with Crippen molar-refractivity contribution in [2.75, 3.05) is 7.11 Å². The van der Waals surface area contributed by atoms with E-state index in [0.29, 0.717) is 5.75 Å². The number of benzene rings is 1. The summed E-state index contributed by atoms with van der Waals surface area (Å²) >= 11 is -1.48. The summed E-state index contributed by atoms with van der Waals surface area (Å²) in [5.41, 5.74) is 0. The fraction of sp³-hybridized carbons (Fsp3) is 0.250. The standard InChI is InChI=1S/C8H7F3OSe/c1-12-6-3-2-4-7(5-6)13-8(9,10)11/h2-5H,1H3. The molecule has 0 aromatic heterocycles. The van der Waals surface area contributed by atoms with Crippen LogP contribution in [-0.4, -0.2) is 27.1 Å². The quantitative estimate of drug-likeness (QED) is 0.728. The molecule has 0 fully saturated rings. The zero-order chi connectivity index (χ0) is 9.90. The first-order valence-corrected chi connectivity index (χ1v) is 5.12. The van der Waals surface area contributed by atoms with Crippen molar-refractivity contribution in [3.05, 3.63) is 24.3 Å². The van der Waals surface area contributed by atoms with Gasteiger partial charge in [-0.3, -0.25) is 0 Å². The third-order valence-electron chi connectivity index (χ3n) is 1.27. The third kappa shape index (κ3) is 3.70. The number of rotatable bonds is 2. The predicted octanol–water partition coefficient (Wildman–Crippen LogP) is 1.54. The summed E-state index contributed by atoms with van der Waals surface area (Å²) in [7, 11) is 1.43. The molecule has 0 aliphatic carbocycles. The normalized spacial score (nSPS) is 11.4. The van der Waals surface area contributed by atoms with Gasteiger partial charge in [0.05, 0.1) is 0 Å². The zero-order valence-corrected chi connectivity index (χ0v) is 8.47. The molecule has 0 N–H and O–H groups in total. The first-order valence-electron chi connectivity index (χ1n) is 3.41. The molecular weight excluding hydrogens is 248 g/mol. The van der Waals surface area contributed by atoms with Gasteiger partial charge in [0.25, 0.3) is 0 Å². The number of halogens is 3. The van der Waals surface area contributed by atoms with E-state index in [1.165, 1.54) is 19.2 Å². The summed E-state index contributed by atoms with van der Waals surface area (Å²) in [5.74, 6) is 0.462. The van der Waals surface area contributed by atoms with Gasteiger partial charge in [-0.15, -0.1) is 0 Å². The van der Waals surface area contributed by atoms with Crippen LogP contribution in [-0.2, 0) is 0 Å². The van der Waals surface area contributed by atoms with Gasteiger partial charge in [-0.1, -0.05) is 0 Å². The molecule has 0 saturated carbocycles. The summed E-state index contributed by atoms with van der Waals surface area (Å²) in [6.45, 7) is 0. The Morgan fingerprint density at radius 1 is 1.31 bits per heavy atom. The number of hydrogen-bond acceptors (Lipinski definition) is 1. The maximum atomic E-state index is 12.0. The molecule has 1 nitrogen and oxygen atoms in total. The monoisotopic (exact) mass is 256 g/mol. The van der Waals surface area contributed by atoms with Crippen molar-refractivity contribution in [2.45, 2.75) is 5.07 Å². The molecule has 72 valence electrons. The molecule has 1 aromatic rings. The second-order valence-corrected chi connectivity index (χ2v) is 4.62. The second-order valence-electron chi connectivity index (χ2n) is 2.23. The van der Waals surface area contributed by atoms with E-state index in [-0.39, 0.29) is 4.46 Å². The van der Waals surface area contributed by atoms with Crippen molar-refractivity contribution in [1.29, 1.82) is 0 Å². The van der Waals surface area contributed by atoms with Gasteiger partial charge in [-0.05, 0) is 0 Å². The zero-order valence-electron chi connectivity index (χ0n) is 6.76. The molecule has 0 atom stereocenters. The van der Waals surface area contributed by atoms with Crippen LogP contribution in [0.2, 0.25) is 0 Å². The van der Waals surface area contributed by atoms with Crippen LogP contribution >= 0.6 is 0 Å². The molecule has 0 bridgehead atoms. The van der Waals surface area contributed by atoms with Gasteiger partial charge in [0.1, 0.15) is 0 Å². The van der Waals surface area contributed by atoms with Crippen molar-refractivity contribution < 1.29 is 17.9 Å². The predicted molar refractivity (Wildman–Crippen MR) is 44.4 cm³/mol. The van der Waals surface area contributed by atoms with Crippen molar-refractivity contribution >= 4 is 19.4 Å². The van der Waals surface area contributed by atoms with E-state index in [1.807, 2.05) is 0 Å². The molecule has 0 radical (unpaired) electrons. The Hall–Kier alpha value is -0.671. The Labute approximate surface area is 80.1 Å². The molecule has 0 amide bonds. The summed E-state index contributed by atoms with van der Waals surface area (Å²) in [4.78, 5) is 0. The average Bonchev–Trinajstić information content (AvgIpc) is 2.01. The fourth-order valence-corrected chi connectivity index (χ4v) is 2.03. The molecule has 0 unspecified atom stereocenters. The van der Waals surface area contributed by atoms with Crippen molar-refractivity contribution in [1.82, 2.24) is 0 Å². The number of methoxy groups -OCH3 is 1. The second kappa shape index (κ2) is 4.03. The number of hydrogen-bond donors (Lipinski definition) is 0. The molecule has 0 spiro atoms. The molecule has 0 saturated heterocycles. The Morgan fingerprint density at radius 3 is 2.54 bits per heavy atom. The van der Waals surface area contributed by atoms with Crippen molar-refractivity contribution in [3.8, 4) is 5.75 Å². The van der Waals surface area contributed by atoms with Gasteiger partial charge in [0, 0.05) is 0 Å². The Bertz CT molecular complexity index is 285. The van der Waals surface area contributed by atoms with Crippen LogP contribution in [0.1, 0.15) is 0 Å². The van der Waals surface area contributed by atoms with Gasteiger partial charge in [-0.2, -0.15) is 0 Å². The summed E-state index contributed by atoms with van der Waals surface area (Å²) in [6, 6.07) is 6.04. The van der Waals surface area contributed by atoms with Crippen LogP contribution in [0.5, 0.6) is 5.75 Å². The van der Waals surface area contributed by atoms with E-state index in [2.05, 4.69) is 0 Å². The molecule has 0 aliphatic rings. The molecule has 0 aliphatic heterocycles. The molecule has 1 aromatic carbocycles. The number of alkyl halides is 3. The van der Waals surface area contributed by atoms with Crippen LogP contribution < -0.4 is 9.20 Å². The van der Waals surface area contributed by atoms with Crippen LogP contribution in [0.25, 0.3) is 0 Å². The summed E-state index contributed by atoms with van der Waals surface area (Å²) in [5, 5.41) is -4.10. The molecule has 0 heterocycles. The van der Waals surface area contributed by atoms with Crippen LogP contribution in [0.3, 0.4) is 0 Å². The fourth-order valence-electron chi connectivity index (χ4n) is 0.798. The van der Waals surface area contributed by atoms with E-state index in [0.717, 1.165) is 0 Å². The van der Waals surface area contributed by atoms with E-state index < -0.39 is 20.0 Å². The van der Waals surface area contributed by atoms with Gasteiger partial charge < -0.3 is 0 Å². The molecular formula is C8H7F3OSe. The SMILES string of the molecule is COc1cccc([Se]C(F)(F)F)c1. The maximum absolute atomic E-state index is 12.0. The van der Waals surface area contributed by atoms with Gasteiger partial charge >= 0.3 is 79.5 Å². The first-order chi connectivity index (χ1) is 6.01. The third-order valence-corrected chi connectivity index (χ3v) is 2.79. The number of ether oxygens (including phenoxy) is 1. The summed E-state index contributed by atoms with van der Waals surface area (Å²) < 4.78 is 41.0. The average molecular weight is 255 g/mol. The van der Waals surface area contributed by atoms with Gasteiger partial charge in [0.2, 0.25) is 0 Å². The minimum atomic E-state index is -4.10. The van der Waals surface area contributed by atoms with Gasteiger partial charge in [-0.25, -0.2) is 0 Å². The molecule has 1 rings (SSSR count). The van der Waals surface area contributed by atoms with Crippen LogP contribution in [0.15, 0.2) is 24.3 Å². The van der Waals surface area contributed by atoms with Crippen molar-refractivity contribution in [2.24, 2.45) is 0 Å². The Kier molecular flexibility index (Phi) is 3.22. The van der Waals surface area contributed by atoms with E-state index in [1.54, 1.807) is 12.1 Å². The molecule has 5 heteroatoms. The van der Waals surface area contributed by atoms with E-state index in [9.17, 15) is 13.2 Å². The minimum absolute atomic E-state index is 0.277. The van der Waals surface area contributed by atoms with Crippen LogP contribution in [0.4, 0.5) is 13.2 Å². The topological polar surface area (TPSA) is 9.23 Å². The van der Waals surface area contributed by atoms with E-state index in [4.69, 9.17) is 4.74 Å². The molecule has 13 heavy (non-hydrogen) atoms. The van der Waals surface area contributed by atoms with Gasteiger partial charge in [0.15, 0.2) is 0 Å². The first kappa shape index (κ1) is 10.4. The summed E-state index contributed by atoms with van der Waals surface area (Å²) in [6.07, 6.45) is 0. The Morgan fingerprint density at radius 2 is 2.00 bits per heavy atom. The van der Waals surface area contributed by atoms with Crippen LogP contribution in [0, 0.1) is 0 Å². The van der Waals surface area contributed by atoms with Crippen molar-refractivity contribution in [3.63, 3.8) is 0 Å². The Balaban J connectivity index is 2.78.